The van der Waals surface area contributed by atoms with Gasteiger partial charge in [-0.25, -0.2) is 9.37 Å². The van der Waals surface area contributed by atoms with Gasteiger partial charge in [-0.05, 0) is 42.3 Å². The number of aromatic nitrogens is 2. The second-order valence-corrected chi connectivity index (χ2v) is 7.28. The van der Waals surface area contributed by atoms with E-state index in [4.69, 9.17) is 11.6 Å². The quantitative estimate of drug-likeness (QED) is 0.453. The molecule has 0 aliphatic heterocycles. The van der Waals surface area contributed by atoms with Crippen molar-refractivity contribution in [3.63, 3.8) is 0 Å². The molecule has 2 aromatic heterocycles. The Bertz CT molecular complexity index is 1230. The summed E-state index contributed by atoms with van der Waals surface area (Å²) in [5.74, 6) is 0. The van der Waals surface area contributed by atoms with Crippen LogP contribution in [0.4, 0.5) is 4.39 Å². The van der Waals surface area contributed by atoms with Gasteiger partial charge in [0.15, 0.2) is 6.17 Å². The number of fused-ring (bicyclic) bond motifs is 1. The standard InChI is InChI=1S/C23H18ClFN2O/c1-14-4-3-5-16(12-14)18-13-21(28)27(2)20-11-10-19(26-23(18)20)22(25)15-6-8-17(24)9-7-15/h3-13,22H,1-2H3. The normalized spacial score (nSPS) is 12.3. The maximum absolute atomic E-state index is 15.1. The van der Waals surface area contributed by atoms with Gasteiger partial charge in [0.2, 0.25) is 0 Å². The third-order valence-corrected chi connectivity index (χ3v) is 5.11. The molecule has 0 bridgehead atoms. The molecule has 2 aromatic carbocycles. The lowest BCUT2D eigenvalue weighted by molar-refractivity contribution is 0.394. The zero-order valence-electron chi connectivity index (χ0n) is 15.5. The van der Waals surface area contributed by atoms with E-state index in [9.17, 15) is 4.79 Å². The largest absolute Gasteiger partial charge is 0.310 e. The van der Waals surface area contributed by atoms with Crippen molar-refractivity contribution >= 4 is 22.6 Å². The summed E-state index contributed by atoms with van der Waals surface area (Å²) in [5, 5.41) is 0.555. The fourth-order valence-electron chi connectivity index (χ4n) is 3.32. The minimum Gasteiger partial charge on any atom is -0.310 e. The second kappa shape index (κ2) is 7.21. The SMILES string of the molecule is Cc1cccc(-c2cc(=O)n(C)c3ccc(C(F)c4ccc(Cl)cc4)nc23)c1. The molecule has 1 unspecified atom stereocenters. The molecular formula is C23H18ClFN2O. The Balaban J connectivity index is 1.92. The summed E-state index contributed by atoms with van der Waals surface area (Å²) < 4.78 is 16.7. The predicted octanol–water partition coefficient (Wildman–Crippen LogP) is 5.62. The molecule has 0 aliphatic carbocycles. The van der Waals surface area contributed by atoms with Gasteiger partial charge < -0.3 is 4.57 Å². The average Bonchev–Trinajstić information content (AvgIpc) is 2.70. The van der Waals surface area contributed by atoms with Gasteiger partial charge in [0.05, 0.1) is 16.7 Å². The van der Waals surface area contributed by atoms with Gasteiger partial charge >= 0.3 is 0 Å². The number of benzene rings is 2. The van der Waals surface area contributed by atoms with Crippen LogP contribution in [0.5, 0.6) is 0 Å². The fraction of sp³-hybridized carbons (Fsp3) is 0.130. The molecule has 1 atom stereocenters. The number of hydrogen-bond acceptors (Lipinski definition) is 2. The Hall–Kier alpha value is -2.98. The minimum absolute atomic E-state index is 0.131. The van der Waals surface area contributed by atoms with Gasteiger partial charge in [0.1, 0.15) is 0 Å². The lowest BCUT2D eigenvalue weighted by Crippen LogP contribution is -2.17. The van der Waals surface area contributed by atoms with E-state index in [1.54, 1.807) is 49.5 Å². The van der Waals surface area contributed by atoms with Crippen LogP contribution in [-0.4, -0.2) is 9.55 Å². The minimum atomic E-state index is -1.38. The van der Waals surface area contributed by atoms with Crippen molar-refractivity contribution in [3.8, 4) is 11.1 Å². The molecule has 3 nitrogen and oxygen atoms in total. The summed E-state index contributed by atoms with van der Waals surface area (Å²) in [7, 11) is 1.69. The smallest absolute Gasteiger partial charge is 0.251 e. The molecule has 4 aromatic rings. The van der Waals surface area contributed by atoms with Crippen molar-refractivity contribution in [2.75, 3.05) is 0 Å². The summed E-state index contributed by atoms with van der Waals surface area (Å²) in [6.45, 7) is 1.99. The number of pyridine rings is 2. The molecule has 4 rings (SSSR count). The maximum atomic E-state index is 15.1. The first-order valence-corrected chi connectivity index (χ1v) is 9.29. The summed E-state index contributed by atoms with van der Waals surface area (Å²) in [6, 6.07) is 19.4. The zero-order valence-corrected chi connectivity index (χ0v) is 16.2. The lowest BCUT2D eigenvalue weighted by atomic mass is 10.0. The first-order chi connectivity index (χ1) is 13.4. The van der Waals surface area contributed by atoms with Crippen LogP contribution >= 0.6 is 11.6 Å². The Morgan fingerprint density at radius 1 is 1.04 bits per heavy atom. The summed E-state index contributed by atoms with van der Waals surface area (Å²) in [6.07, 6.45) is -1.38. The molecule has 0 saturated heterocycles. The third kappa shape index (κ3) is 3.32. The maximum Gasteiger partial charge on any atom is 0.251 e. The first kappa shape index (κ1) is 18.4. The molecule has 0 saturated carbocycles. The number of aryl methyl sites for hydroxylation is 2. The van der Waals surface area contributed by atoms with Gasteiger partial charge in [0, 0.05) is 23.7 Å². The summed E-state index contributed by atoms with van der Waals surface area (Å²) in [4.78, 5) is 17.0. The van der Waals surface area contributed by atoms with Gasteiger partial charge in [-0.3, -0.25) is 4.79 Å². The molecule has 0 amide bonds. The van der Waals surface area contributed by atoms with Crippen molar-refractivity contribution in [2.45, 2.75) is 13.1 Å². The Kier molecular flexibility index (Phi) is 4.73. The van der Waals surface area contributed by atoms with E-state index in [1.807, 2.05) is 31.2 Å². The highest BCUT2D eigenvalue weighted by molar-refractivity contribution is 6.30. The molecule has 0 spiro atoms. The van der Waals surface area contributed by atoms with Crippen LogP contribution in [0.2, 0.25) is 5.02 Å². The highest BCUT2D eigenvalue weighted by atomic mass is 35.5. The van der Waals surface area contributed by atoms with Gasteiger partial charge in [0.25, 0.3) is 5.56 Å². The molecule has 140 valence electrons. The fourth-order valence-corrected chi connectivity index (χ4v) is 3.45. The molecule has 0 fully saturated rings. The molecule has 5 heteroatoms. The average molecular weight is 393 g/mol. The molecule has 2 heterocycles. The number of alkyl halides is 1. The van der Waals surface area contributed by atoms with Crippen LogP contribution in [0.25, 0.3) is 22.2 Å². The van der Waals surface area contributed by atoms with Crippen molar-refractivity contribution in [3.05, 3.63) is 98.9 Å². The Morgan fingerprint density at radius 3 is 2.50 bits per heavy atom. The van der Waals surface area contributed by atoms with E-state index in [2.05, 4.69) is 4.98 Å². The van der Waals surface area contributed by atoms with Crippen molar-refractivity contribution in [1.82, 2.24) is 9.55 Å². The zero-order chi connectivity index (χ0) is 19.8. The summed E-state index contributed by atoms with van der Waals surface area (Å²) >= 11 is 5.90. The van der Waals surface area contributed by atoms with E-state index in [1.165, 1.54) is 4.57 Å². The Labute approximate surface area is 167 Å². The van der Waals surface area contributed by atoms with E-state index >= 15 is 4.39 Å². The van der Waals surface area contributed by atoms with Crippen molar-refractivity contribution in [1.29, 1.82) is 0 Å². The Morgan fingerprint density at radius 2 is 1.79 bits per heavy atom. The molecule has 0 aliphatic rings. The topological polar surface area (TPSA) is 34.9 Å². The van der Waals surface area contributed by atoms with E-state index in [0.717, 1.165) is 11.1 Å². The number of halogens is 2. The van der Waals surface area contributed by atoms with Crippen LogP contribution < -0.4 is 5.56 Å². The lowest BCUT2D eigenvalue weighted by Gasteiger charge is -2.14. The van der Waals surface area contributed by atoms with E-state index in [-0.39, 0.29) is 5.56 Å². The second-order valence-electron chi connectivity index (χ2n) is 6.84. The first-order valence-electron chi connectivity index (χ1n) is 8.91. The van der Waals surface area contributed by atoms with Crippen molar-refractivity contribution in [2.24, 2.45) is 7.05 Å². The highest BCUT2D eigenvalue weighted by Crippen LogP contribution is 2.31. The highest BCUT2D eigenvalue weighted by Gasteiger charge is 2.17. The van der Waals surface area contributed by atoms with E-state index in [0.29, 0.717) is 32.9 Å². The number of hydrogen-bond donors (Lipinski definition) is 0. The van der Waals surface area contributed by atoms with Crippen LogP contribution in [0.15, 0.2) is 71.5 Å². The van der Waals surface area contributed by atoms with Crippen LogP contribution in [0.3, 0.4) is 0 Å². The van der Waals surface area contributed by atoms with Gasteiger partial charge in [-0.1, -0.05) is 53.6 Å². The molecular weight excluding hydrogens is 375 g/mol. The third-order valence-electron chi connectivity index (χ3n) is 4.86. The van der Waals surface area contributed by atoms with Crippen LogP contribution in [-0.2, 0) is 7.05 Å². The molecule has 0 N–H and O–H groups in total. The monoisotopic (exact) mass is 392 g/mol. The number of nitrogens with zero attached hydrogens (tertiary/aromatic N) is 2. The van der Waals surface area contributed by atoms with Crippen LogP contribution in [0.1, 0.15) is 23.0 Å². The predicted molar refractivity (Wildman–Crippen MR) is 112 cm³/mol. The van der Waals surface area contributed by atoms with Gasteiger partial charge in [-0.15, -0.1) is 0 Å². The summed E-state index contributed by atoms with van der Waals surface area (Å²) in [5.41, 5.74) is 4.57. The van der Waals surface area contributed by atoms with Crippen molar-refractivity contribution < 1.29 is 4.39 Å². The van der Waals surface area contributed by atoms with Crippen LogP contribution in [0, 0.1) is 6.92 Å². The molecule has 28 heavy (non-hydrogen) atoms. The molecule has 0 radical (unpaired) electrons. The van der Waals surface area contributed by atoms with E-state index < -0.39 is 6.17 Å². The number of rotatable bonds is 3. The van der Waals surface area contributed by atoms with Gasteiger partial charge in [-0.2, -0.15) is 0 Å².